The van der Waals surface area contributed by atoms with Crippen LogP contribution >= 0.6 is 0 Å². The van der Waals surface area contributed by atoms with Gasteiger partial charge < -0.3 is 15.1 Å². The topological polar surface area (TPSA) is 35.6 Å². The second kappa shape index (κ2) is 6.58. The Labute approximate surface area is 127 Å². The highest BCUT2D eigenvalue weighted by Crippen LogP contribution is 2.25. The molecule has 1 aliphatic carbocycles. The van der Waals surface area contributed by atoms with Gasteiger partial charge >= 0.3 is 0 Å². The molecule has 2 aliphatic rings. The fourth-order valence-corrected chi connectivity index (χ4v) is 2.99. The summed E-state index contributed by atoms with van der Waals surface area (Å²) in [5, 5.41) is 3.43. The Kier molecular flexibility index (Phi) is 4.56. The first-order valence-electron chi connectivity index (χ1n) is 8.00. The summed E-state index contributed by atoms with van der Waals surface area (Å²) in [6.45, 7) is 3.53. The van der Waals surface area contributed by atoms with Crippen LogP contribution in [0.15, 0.2) is 30.3 Å². The van der Waals surface area contributed by atoms with Crippen molar-refractivity contribution in [2.75, 3.05) is 33.2 Å². The lowest BCUT2D eigenvalue weighted by atomic mass is 10.0. The monoisotopic (exact) mass is 287 g/mol. The Morgan fingerprint density at radius 1 is 1.24 bits per heavy atom. The maximum Gasteiger partial charge on any atom is 0.224 e. The van der Waals surface area contributed by atoms with Crippen molar-refractivity contribution in [3.63, 3.8) is 0 Å². The van der Waals surface area contributed by atoms with E-state index in [1.807, 2.05) is 6.07 Å². The Balaban J connectivity index is 1.63. The minimum atomic E-state index is 0.193. The predicted molar refractivity (Wildman–Crippen MR) is 84.0 cm³/mol. The summed E-state index contributed by atoms with van der Waals surface area (Å²) >= 11 is 0. The van der Waals surface area contributed by atoms with E-state index >= 15 is 0 Å². The number of amides is 1. The number of hydrogen-bond acceptors (Lipinski definition) is 3. The molecule has 0 aromatic heterocycles. The third-order valence-corrected chi connectivity index (χ3v) is 4.44. The van der Waals surface area contributed by atoms with Crippen molar-refractivity contribution in [1.82, 2.24) is 15.1 Å². The van der Waals surface area contributed by atoms with Crippen LogP contribution in [0, 0.1) is 0 Å². The van der Waals surface area contributed by atoms with Crippen LogP contribution in [-0.2, 0) is 4.79 Å². The fourth-order valence-electron chi connectivity index (χ4n) is 2.99. The van der Waals surface area contributed by atoms with Crippen LogP contribution in [0.1, 0.15) is 30.9 Å². The third-order valence-electron chi connectivity index (χ3n) is 4.44. The molecule has 1 saturated heterocycles. The summed E-state index contributed by atoms with van der Waals surface area (Å²) in [6.07, 6.45) is 3.16. The van der Waals surface area contributed by atoms with Crippen molar-refractivity contribution < 1.29 is 4.79 Å². The summed E-state index contributed by atoms with van der Waals surface area (Å²) in [4.78, 5) is 16.9. The number of carbonyl (C=O) groups is 1. The Hall–Kier alpha value is -1.39. The first-order valence-corrected chi connectivity index (χ1v) is 8.00. The van der Waals surface area contributed by atoms with Crippen LogP contribution in [0.2, 0.25) is 0 Å². The minimum absolute atomic E-state index is 0.193. The van der Waals surface area contributed by atoms with Crippen LogP contribution in [-0.4, -0.2) is 55.0 Å². The maximum absolute atomic E-state index is 12.6. The van der Waals surface area contributed by atoms with E-state index in [9.17, 15) is 4.79 Å². The van der Waals surface area contributed by atoms with Crippen LogP contribution in [0.25, 0.3) is 0 Å². The molecule has 21 heavy (non-hydrogen) atoms. The molecule has 1 aromatic carbocycles. The number of carbonyl (C=O) groups excluding carboxylic acids is 1. The SMILES string of the molecule is CN1CCN(C(=O)CCNC2CC2)C(c2ccccc2)C1. The van der Waals surface area contributed by atoms with Crippen LogP contribution < -0.4 is 5.32 Å². The highest BCUT2D eigenvalue weighted by atomic mass is 16.2. The molecule has 2 fully saturated rings. The average molecular weight is 287 g/mol. The van der Waals surface area contributed by atoms with Gasteiger partial charge in [-0.2, -0.15) is 0 Å². The van der Waals surface area contributed by atoms with Gasteiger partial charge in [-0.1, -0.05) is 30.3 Å². The van der Waals surface area contributed by atoms with Crippen molar-refractivity contribution in [1.29, 1.82) is 0 Å². The van der Waals surface area contributed by atoms with E-state index in [4.69, 9.17) is 0 Å². The lowest BCUT2D eigenvalue weighted by Gasteiger charge is -2.40. The minimum Gasteiger partial charge on any atom is -0.333 e. The second-order valence-electron chi connectivity index (χ2n) is 6.25. The standard InChI is InChI=1S/C17H25N3O/c1-19-11-12-20(17(21)9-10-18-15-7-8-15)16(13-19)14-5-3-2-4-6-14/h2-6,15-16,18H,7-13H2,1H3. The molecular formula is C17H25N3O. The van der Waals surface area contributed by atoms with Crippen LogP contribution in [0.5, 0.6) is 0 Å². The van der Waals surface area contributed by atoms with Gasteiger partial charge in [-0.15, -0.1) is 0 Å². The molecule has 1 unspecified atom stereocenters. The van der Waals surface area contributed by atoms with E-state index in [0.717, 1.165) is 26.2 Å². The molecule has 1 aromatic rings. The van der Waals surface area contributed by atoms with Crippen molar-refractivity contribution in [2.24, 2.45) is 0 Å². The van der Waals surface area contributed by atoms with Crippen molar-refractivity contribution in [3.8, 4) is 0 Å². The summed E-state index contributed by atoms with van der Waals surface area (Å²) in [5.41, 5.74) is 1.24. The molecule has 1 heterocycles. The molecule has 1 aliphatic heterocycles. The molecular weight excluding hydrogens is 262 g/mol. The molecule has 1 saturated carbocycles. The predicted octanol–water partition coefficient (Wildman–Crippen LogP) is 1.64. The normalized spacial score (nSPS) is 23.3. The van der Waals surface area contributed by atoms with Crippen LogP contribution in [0.3, 0.4) is 0 Å². The Morgan fingerprint density at radius 3 is 2.71 bits per heavy atom. The number of piperazine rings is 1. The molecule has 3 rings (SSSR count). The van der Waals surface area contributed by atoms with Crippen molar-refractivity contribution in [2.45, 2.75) is 31.3 Å². The second-order valence-corrected chi connectivity index (χ2v) is 6.25. The highest BCUT2D eigenvalue weighted by Gasteiger charge is 2.30. The molecule has 0 bridgehead atoms. The largest absolute Gasteiger partial charge is 0.333 e. The molecule has 0 spiro atoms. The maximum atomic E-state index is 12.6. The Bertz CT molecular complexity index is 472. The number of nitrogens with zero attached hydrogens (tertiary/aromatic N) is 2. The third kappa shape index (κ3) is 3.83. The lowest BCUT2D eigenvalue weighted by molar-refractivity contribution is -0.136. The molecule has 114 valence electrons. The zero-order chi connectivity index (χ0) is 14.7. The highest BCUT2D eigenvalue weighted by molar-refractivity contribution is 5.77. The zero-order valence-corrected chi connectivity index (χ0v) is 12.8. The van der Waals surface area contributed by atoms with E-state index in [0.29, 0.717) is 12.5 Å². The average Bonchev–Trinajstić information content (AvgIpc) is 3.32. The quantitative estimate of drug-likeness (QED) is 0.894. The number of rotatable bonds is 5. The molecule has 1 atom stereocenters. The molecule has 4 heteroatoms. The summed E-state index contributed by atoms with van der Waals surface area (Å²) in [7, 11) is 2.13. The zero-order valence-electron chi connectivity index (χ0n) is 12.8. The van der Waals surface area contributed by atoms with E-state index in [2.05, 4.69) is 46.4 Å². The molecule has 1 N–H and O–H groups in total. The summed E-state index contributed by atoms with van der Waals surface area (Å²) in [5.74, 6) is 0.283. The van der Waals surface area contributed by atoms with Gasteiger partial charge in [0.2, 0.25) is 5.91 Å². The number of hydrogen-bond donors (Lipinski definition) is 1. The van der Waals surface area contributed by atoms with Gasteiger partial charge in [0.05, 0.1) is 6.04 Å². The first kappa shape index (κ1) is 14.5. The van der Waals surface area contributed by atoms with E-state index in [1.165, 1.54) is 18.4 Å². The molecule has 0 radical (unpaired) electrons. The van der Waals surface area contributed by atoms with Crippen LogP contribution in [0.4, 0.5) is 0 Å². The van der Waals surface area contributed by atoms with Gasteiger partial charge in [-0.3, -0.25) is 4.79 Å². The number of likely N-dealkylation sites (N-methyl/N-ethyl adjacent to an activating group) is 1. The molecule has 1 amide bonds. The van der Waals surface area contributed by atoms with E-state index in [1.54, 1.807) is 0 Å². The van der Waals surface area contributed by atoms with Gasteiger partial charge in [-0.05, 0) is 25.5 Å². The van der Waals surface area contributed by atoms with Gasteiger partial charge in [-0.25, -0.2) is 0 Å². The van der Waals surface area contributed by atoms with Crippen molar-refractivity contribution in [3.05, 3.63) is 35.9 Å². The van der Waals surface area contributed by atoms with Gasteiger partial charge in [0.1, 0.15) is 0 Å². The van der Waals surface area contributed by atoms with Gasteiger partial charge in [0.15, 0.2) is 0 Å². The summed E-state index contributed by atoms with van der Waals surface area (Å²) in [6, 6.07) is 11.3. The van der Waals surface area contributed by atoms with Gasteiger partial charge in [0, 0.05) is 38.6 Å². The number of benzene rings is 1. The van der Waals surface area contributed by atoms with E-state index in [-0.39, 0.29) is 11.9 Å². The summed E-state index contributed by atoms with van der Waals surface area (Å²) < 4.78 is 0. The number of nitrogens with one attached hydrogen (secondary N) is 1. The van der Waals surface area contributed by atoms with Crippen molar-refractivity contribution >= 4 is 5.91 Å². The first-order chi connectivity index (χ1) is 10.2. The van der Waals surface area contributed by atoms with Gasteiger partial charge in [0.25, 0.3) is 0 Å². The van der Waals surface area contributed by atoms with E-state index < -0.39 is 0 Å². The lowest BCUT2D eigenvalue weighted by Crippen LogP contribution is -2.49. The fraction of sp³-hybridized carbons (Fsp3) is 0.588. The Morgan fingerprint density at radius 2 is 2.00 bits per heavy atom. The molecule has 4 nitrogen and oxygen atoms in total. The smallest absolute Gasteiger partial charge is 0.224 e.